The molecule has 0 saturated carbocycles. The minimum Gasteiger partial charge on any atom is -0.497 e. The minimum atomic E-state index is -3.75. The van der Waals surface area contributed by atoms with E-state index >= 15 is 0 Å². The van der Waals surface area contributed by atoms with E-state index in [0.717, 1.165) is 9.71 Å². The number of methoxy groups -OCH3 is 1. The highest BCUT2D eigenvalue weighted by molar-refractivity contribution is 7.89. The summed E-state index contributed by atoms with van der Waals surface area (Å²) in [6, 6.07) is 16.9. The Bertz CT molecular complexity index is 1620. The molecule has 0 bridgehead atoms. The number of aromatic nitrogens is 1. The van der Waals surface area contributed by atoms with Crippen LogP contribution in [0, 0.1) is 17.7 Å². The van der Waals surface area contributed by atoms with Gasteiger partial charge in [-0.05, 0) is 72.0 Å². The first-order chi connectivity index (χ1) is 19.5. The molecule has 4 rings (SSSR count). The predicted octanol–water partition coefficient (Wildman–Crippen LogP) is 6.43. The highest BCUT2D eigenvalue weighted by Gasteiger charge is 2.27. The molecule has 0 fully saturated rings. The Labute approximate surface area is 244 Å². The molecular weight excluding hydrogens is 563 g/mol. The molecule has 0 unspecified atom stereocenters. The molecule has 0 aliphatic carbocycles. The van der Waals surface area contributed by atoms with Gasteiger partial charge >= 0.3 is 0 Å². The van der Waals surface area contributed by atoms with Crippen LogP contribution in [0.15, 0.2) is 76.7 Å². The van der Waals surface area contributed by atoms with Gasteiger partial charge in [-0.1, -0.05) is 51.2 Å². The number of carbonyl (C=O) groups is 1. The summed E-state index contributed by atoms with van der Waals surface area (Å²) in [7, 11) is -2.18. The molecule has 1 aromatic heterocycles. The van der Waals surface area contributed by atoms with Crippen molar-refractivity contribution in [3.63, 3.8) is 0 Å². The van der Waals surface area contributed by atoms with Crippen LogP contribution in [0.1, 0.15) is 43.6 Å². The van der Waals surface area contributed by atoms with Gasteiger partial charge in [0.2, 0.25) is 15.2 Å². The van der Waals surface area contributed by atoms with Gasteiger partial charge in [0.15, 0.2) is 0 Å². The van der Waals surface area contributed by atoms with Crippen LogP contribution < -0.4 is 9.75 Å². The van der Waals surface area contributed by atoms with E-state index in [9.17, 15) is 17.6 Å². The minimum absolute atomic E-state index is 0.115. The molecule has 3 aromatic carbocycles. The molecule has 4 aromatic rings. The number of anilines is 1. The Morgan fingerprint density at radius 1 is 1.00 bits per heavy atom. The number of hydrazone groups is 1. The number of hydrogen-bond acceptors (Lipinski definition) is 7. The van der Waals surface area contributed by atoms with Crippen LogP contribution in [0.2, 0.25) is 0 Å². The van der Waals surface area contributed by atoms with E-state index in [4.69, 9.17) is 4.74 Å². The van der Waals surface area contributed by atoms with E-state index < -0.39 is 15.9 Å². The second-order valence-electron chi connectivity index (χ2n) is 10.4. The summed E-state index contributed by atoms with van der Waals surface area (Å²) in [5.74, 6) is 0.0858. The summed E-state index contributed by atoms with van der Waals surface area (Å²) in [5.41, 5.74) is 1.48. The molecule has 8 nitrogen and oxygen atoms in total. The first-order valence-electron chi connectivity index (χ1n) is 13.2. The number of ether oxygens (including phenoxy) is 1. The summed E-state index contributed by atoms with van der Waals surface area (Å²) in [5, 5.41) is 5.87. The highest BCUT2D eigenvalue weighted by Crippen LogP contribution is 2.32. The van der Waals surface area contributed by atoms with Gasteiger partial charge in [0.05, 0.1) is 28.4 Å². The number of rotatable bonds is 11. The Balaban J connectivity index is 1.69. The van der Waals surface area contributed by atoms with Crippen molar-refractivity contribution in [1.82, 2.24) is 9.29 Å². The maximum atomic E-state index is 13.7. The summed E-state index contributed by atoms with van der Waals surface area (Å²) in [6.07, 6.45) is 1.44. The molecule has 0 aliphatic heterocycles. The van der Waals surface area contributed by atoms with Crippen molar-refractivity contribution in [3.05, 3.63) is 83.7 Å². The van der Waals surface area contributed by atoms with Crippen molar-refractivity contribution in [2.75, 3.05) is 25.2 Å². The lowest BCUT2D eigenvalue weighted by Gasteiger charge is -2.25. The van der Waals surface area contributed by atoms with Crippen LogP contribution >= 0.6 is 11.3 Å². The zero-order valence-corrected chi connectivity index (χ0v) is 25.2. The second-order valence-corrected chi connectivity index (χ2v) is 13.3. The zero-order valence-electron chi connectivity index (χ0n) is 23.6. The summed E-state index contributed by atoms with van der Waals surface area (Å²) >= 11 is 1.26. The summed E-state index contributed by atoms with van der Waals surface area (Å²) in [6.45, 7) is 8.70. The van der Waals surface area contributed by atoms with Crippen molar-refractivity contribution < 1.29 is 22.3 Å². The van der Waals surface area contributed by atoms with Crippen LogP contribution in [-0.2, 0) is 10.0 Å². The van der Waals surface area contributed by atoms with Crippen molar-refractivity contribution in [2.24, 2.45) is 16.9 Å². The lowest BCUT2D eigenvalue weighted by Crippen LogP contribution is -2.37. The third-order valence-electron chi connectivity index (χ3n) is 6.03. The summed E-state index contributed by atoms with van der Waals surface area (Å²) in [4.78, 5) is 18.4. The smallest absolute Gasteiger partial charge is 0.280 e. The first kappa shape index (κ1) is 30.3. The van der Waals surface area contributed by atoms with E-state index in [1.165, 1.54) is 58.3 Å². The lowest BCUT2D eigenvalue weighted by atomic mass is 10.2. The Kier molecular flexibility index (Phi) is 9.52. The van der Waals surface area contributed by atoms with Crippen molar-refractivity contribution in [3.8, 4) is 5.75 Å². The lowest BCUT2D eigenvalue weighted by molar-refractivity contribution is 0.0987. The van der Waals surface area contributed by atoms with E-state index in [1.807, 2.05) is 33.8 Å². The fraction of sp³-hybridized carbons (Fsp3) is 0.300. The first-order valence-corrected chi connectivity index (χ1v) is 15.4. The maximum Gasteiger partial charge on any atom is 0.280 e. The third-order valence-corrected chi connectivity index (χ3v) is 8.87. The molecule has 0 saturated heterocycles. The molecule has 0 radical (unpaired) electrons. The normalized spacial score (nSPS) is 12.2. The number of benzene rings is 3. The quantitative estimate of drug-likeness (QED) is 0.147. The number of halogens is 1. The molecule has 0 N–H and O–H groups in total. The standard InChI is InChI=1S/C30H33FN4O4S2/c1-20(2)18-34(19-21(3)4)41(37,38)26-13-8-23(9-14-26)29(36)35(32-17-22-6-10-24(31)11-7-22)30-33-27-15-12-25(39-5)16-28(27)40-30/h6-17,20-21H,18-19H2,1-5H3/b32-17+. The fourth-order valence-corrected chi connectivity index (χ4v) is 6.82. The molecule has 11 heteroatoms. The number of hydrogen-bond donors (Lipinski definition) is 0. The number of carbonyl (C=O) groups excluding carboxylic acids is 1. The Morgan fingerprint density at radius 2 is 1.63 bits per heavy atom. The highest BCUT2D eigenvalue weighted by atomic mass is 32.2. The molecule has 1 heterocycles. The molecule has 0 aliphatic rings. The number of sulfonamides is 1. The zero-order chi connectivity index (χ0) is 29.7. The van der Waals surface area contributed by atoms with Crippen LogP contribution in [0.4, 0.5) is 9.52 Å². The molecule has 0 atom stereocenters. The average Bonchev–Trinajstić information content (AvgIpc) is 3.36. The van der Waals surface area contributed by atoms with Gasteiger partial charge in [0.25, 0.3) is 5.91 Å². The van der Waals surface area contributed by atoms with Crippen LogP contribution in [0.3, 0.4) is 0 Å². The fourth-order valence-electron chi connectivity index (χ4n) is 4.10. The van der Waals surface area contributed by atoms with Gasteiger partial charge in [0, 0.05) is 18.7 Å². The SMILES string of the molecule is COc1ccc2nc(N(/N=C/c3ccc(F)cc3)C(=O)c3ccc(S(=O)(=O)N(CC(C)C)CC(C)C)cc3)sc2c1. The second kappa shape index (κ2) is 12.9. The van der Waals surface area contributed by atoms with Gasteiger partial charge in [-0.3, -0.25) is 4.79 Å². The van der Waals surface area contributed by atoms with Gasteiger partial charge in [-0.2, -0.15) is 14.4 Å². The van der Waals surface area contributed by atoms with Gasteiger partial charge in [0.1, 0.15) is 11.6 Å². The van der Waals surface area contributed by atoms with Crippen LogP contribution in [0.25, 0.3) is 10.2 Å². The monoisotopic (exact) mass is 596 g/mol. The van der Waals surface area contributed by atoms with E-state index in [2.05, 4.69) is 10.1 Å². The molecular formula is C30H33FN4O4S2. The number of fused-ring (bicyclic) bond motifs is 1. The number of nitrogens with zero attached hydrogens (tertiary/aromatic N) is 4. The van der Waals surface area contributed by atoms with Crippen LogP contribution in [-0.4, -0.2) is 50.0 Å². The Morgan fingerprint density at radius 3 is 2.22 bits per heavy atom. The number of amides is 1. The third kappa shape index (κ3) is 7.35. The van der Waals surface area contributed by atoms with Crippen molar-refractivity contribution in [2.45, 2.75) is 32.6 Å². The largest absolute Gasteiger partial charge is 0.497 e. The average molecular weight is 597 g/mol. The van der Waals surface area contributed by atoms with Crippen LogP contribution in [0.5, 0.6) is 5.75 Å². The number of thiazole rings is 1. The van der Waals surface area contributed by atoms with Crippen molar-refractivity contribution >= 4 is 48.8 Å². The predicted molar refractivity (Wildman–Crippen MR) is 162 cm³/mol. The van der Waals surface area contributed by atoms with E-state index in [1.54, 1.807) is 31.4 Å². The molecule has 0 spiro atoms. The summed E-state index contributed by atoms with van der Waals surface area (Å²) < 4.78 is 47.9. The van der Waals surface area contributed by atoms with Gasteiger partial charge in [-0.15, -0.1) is 0 Å². The van der Waals surface area contributed by atoms with Crippen molar-refractivity contribution in [1.29, 1.82) is 0 Å². The topological polar surface area (TPSA) is 92.2 Å². The maximum absolute atomic E-state index is 13.7. The van der Waals surface area contributed by atoms with Gasteiger partial charge in [-0.25, -0.2) is 17.8 Å². The molecule has 216 valence electrons. The molecule has 41 heavy (non-hydrogen) atoms. The van der Waals surface area contributed by atoms with Gasteiger partial charge < -0.3 is 4.74 Å². The molecule has 1 amide bonds. The Hall–Kier alpha value is -3.67. The van der Waals surface area contributed by atoms with E-state index in [0.29, 0.717) is 35.1 Å². The van der Waals surface area contributed by atoms with E-state index in [-0.39, 0.29) is 28.1 Å².